The smallest absolute Gasteiger partial charge is 0.223 e. The van der Waals surface area contributed by atoms with E-state index >= 15 is 0 Å². The number of amides is 1. The Morgan fingerprint density at radius 3 is 2.88 bits per heavy atom. The fourth-order valence-corrected chi connectivity index (χ4v) is 2.80. The molecule has 1 aromatic rings. The fraction of sp³-hybridized carbons (Fsp3) is 0.538. The summed E-state index contributed by atoms with van der Waals surface area (Å²) in [4.78, 5) is 18.3. The highest BCUT2D eigenvalue weighted by atomic mass is 16.2. The van der Waals surface area contributed by atoms with Crippen molar-refractivity contribution in [3.05, 3.63) is 30.1 Å². The summed E-state index contributed by atoms with van der Waals surface area (Å²) in [6.07, 6.45) is 6.49. The Hall–Kier alpha value is -1.42. The van der Waals surface area contributed by atoms with E-state index in [4.69, 9.17) is 5.73 Å². The first-order chi connectivity index (χ1) is 8.31. The first kappa shape index (κ1) is 10.7. The van der Waals surface area contributed by atoms with Crippen molar-refractivity contribution in [2.45, 2.75) is 31.3 Å². The molecular formula is C13H17N3O. The van der Waals surface area contributed by atoms with Crippen molar-refractivity contribution < 1.29 is 4.79 Å². The molecule has 1 aromatic heterocycles. The van der Waals surface area contributed by atoms with Crippen LogP contribution in [-0.4, -0.2) is 28.4 Å². The number of carbonyl (C=O) groups is 1. The molecule has 0 bridgehead atoms. The summed E-state index contributed by atoms with van der Waals surface area (Å²) in [6.45, 7) is 0.564. The number of hydrogen-bond donors (Lipinski definition) is 1. The third-order valence-corrected chi connectivity index (χ3v) is 3.74. The topological polar surface area (TPSA) is 59.2 Å². The SMILES string of the molecule is NC[C@H]1CC(=O)N(C2CC2)[C@@H]1c1cccnc1. The highest BCUT2D eigenvalue weighted by Crippen LogP contribution is 2.44. The number of rotatable bonds is 3. The number of hydrogen-bond acceptors (Lipinski definition) is 3. The van der Waals surface area contributed by atoms with Gasteiger partial charge >= 0.3 is 0 Å². The molecule has 1 amide bonds. The van der Waals surface area contributed by atoms with E-state index in [2.05, 4.69) is 9.88 Å². The molecule has 4 nitrogen and oxygen atoms in total. The molecule has 0 radical (unpaired) electrons. The number of pyridine rings is 1. The van der Waals surface area contributed by atoms with Gasteiger partial charge < -0.3 is 10.6 Å². The number of nitrogens with two attached hydrogens (primary N) is 1. The Balaban J connectivity index is 1.94. The van der Waals surface area contributed by atoms with Crippen LogP contribution in [0.5, 0.6) is 0 Å². The third-order valence-electron chi connectivity index (χ3n) is 3.74. The lowest BCUT2D eigenvalue weighted by atomic mass is 9.95. The molecule has 1 saturated heterocycles. The number of nitrogens with zero attached hydrogens (tertiary/aromatic N) is 2. The Morgan fingerprint density at radius 1 is 1.47 bits per heavy atom. The van der Waals surface area contributed by atoms with Crippen molar-refractivity contribution in [3.63, 3.8) is 0 Å². The predicted molar refractivity (Wildman–Crippen MR) is 64.0 cm³/mol. The molecule has 2 N–H and O–H groups in total. The molecule has 0 aromatic carbocycles. The van der Waals surface area contributed by atoms with E-state index in [1.54, 1.807) is 6.20 Å². The summed E-state index contributed by atoms with van der Waals surface area (Å²) in [5, 5.41) is 0. The van der Waals surface area contributed by atoms with E-state index in [9.17, 15) is 4.79 Å². The van der Waals surface area contributed by atoms with Crippen LogP contribution in [0.1, 0.15) is 30.9 Å². The van der Waals surface area contributed by atoms with E-state index in [1.165, 1.54) is 0 Å². The van der Waals surface area contributed by atoms with Crippen LogP contribution in [0.3, 0.4) is 0 Å². The molecule has 1 aliphatic carbocycles. The van der Waals surface area contributed by atoms with Crippen molar-refractivity contribution >= 4 is 5.91 Å². The van der Waals surface area contributed by atoms with Crippen molar-refractivity contribution in [2.75, 3.05) is 6.54 Å². The van der Waals surface area contributed by atoms with Crippen LogP contribution in [0, 0.1) is 5.92 Å². The van der Waals surface area contributed by atoms with Crippen LogP contribution in [0.15, 0.2) is 24.5 Å². The second-order valence-electron chi connectivity index (χ2n) is 4.96. The molecule has 2 atom stereocenters. The Morgan fingerprint density at radius 2 is 2.29 bits per heavy atom. The molecule has 1 aliphatic heterocycles. The Labute approximate surface area is 101 Å². The molecular weight excluding hydrogens is 214 g/mol. The van der Waals surface area contributed by atoms with Gasteiger partial charge in [-0.15, -0.1) is 0 Å². The van der Waals surface area contributed by atoms with Crippen molar-refractivity contribution in [3.8, 4) is 0 Å². The summed E-state index contributed by atoms with van der Waals surface area (Å²) in [7, 11) is 0. The summed E-state index contributed by atoms with van der Waals surface area (Å²) in [5.41, 5.74) is 6.93. The predicted octanol–water partition coefficient (Wildman–Crippen LogP) is 1.09. The maximum Gasteiger partial charge on any atom is 0.223 e. The van der Waals surface area contributed by atoms with Crippen LogP contribution in [0.25, 0.3) is 0 Å². The van der Waals surface area contributed by atoms with Crippen molar-refractivity contribution in [1.82, 2.24) is 9.88 Å². The van der Waals surface area contributed by atoms with Crippen LogP contribution < -0.4 is 5.73 Å². The second kappa shape index (κ2) is 4.11. The summed E-state index contributed by atoms with van der Waals surface area (Å²) < 4.78 is 0. The van der Waals surface area contributed by atoms with Crippen molar-refractivity contribution in [1.29, 1.82) is 0 Å². The van der Waals surface area contributed by atoms with Gasteiger partial charge in [-0.05, 0) is 31.0 Å². The highest BCUT2D eigenvalue weighted by Gasteiger charge is 2.46. The van der Waals surface area contributed by atoms with Crippen LogP contribution in [0.4, 0.5) is 0 Å². The summed E-state index contributed by atoms with van der Waals surface area (Å²) in [6, 6.07) is 4.57. The van der Waals surface area contributed by atoms with E-state index in [1.807, 2.05) is 18.3 Å². The average molecular weight is 231 g/mol. The largest absolute Gasteiger partial charge is 0.332 e. The zero-order chi connectivity index (χ0) is 11.8. The zero-order valence-electron chi connectivity index (χ0n) is 9.75. The second-order valence-corrected chi connectivity index (χ2v) is 4.96. The molecule has 0 unspecified atom stereocenters. The lowest BCUT2D eigenvalue weighted by molar-refractivity contribution is -0.129. The number of likely N-dealkylation sites (tertiary alicyclic amines) is 1. The number of aromatic nitrogens is 1. The van der Waals surface area contributed by atoms with Crippen LogP contribution in [0.2, 0.25) is 0 Å². The van der Waals surface area contributed by atoms with Gasteiger partial charge in [0.1, 0.15) is 0 Å². The monoisotopic (exact) mass is 231 g/mol. The minimum Gasteiger partial charge on any atom is -0.332 e. The molecule has 2 heterocycles. The minimum atomic E-state index is 0.147. The fourth-order valence-electron chi connectivity index (χ4n) is 2.80. The quantitative estimate of drug-likeness (QED) is 0.847. The first-order valence-electron chi connectivity index (χ1n) is 6.22. The highest BCUT2D eigenvalue weighted by molar-refractivity contribution is 5.80. The summed E-state index contributed by atoms with van der Waals surface area (Å²) in [5.74, 6) is 0.504. The summed E-state index contributed by atoms with van der Waals surface area (Å²) >= 11 is 0. The van der Waals surface area contributed by atoms with E-state index in [-0.39, 0.29) is 17.9 Å². The molecule has 1 saturated carbocycles. The van der Waals surface area contributed by atoms with Gasteiger partial charge in [0.15, 0.2) is 0 Å². The standard InChI is InChI=1S/C13H17N3O/c14-7-10-6-12(17)16(11-3-4-11)13(10)9-2-1-5-15-8-9/h1-2,5,8,10-11,13H,3-4,6-7,14H2/t10-,13-/m1/s1. The zero-order valence-corrected chi connectivity index (χ0v) is 9.75. The molecule has 0 spiro atoms. The van der Waals surface area contributed by atoms with E-state index in [0.717, 1.165) is 18.4 Å². The average Bonchev–Trinajstić information content (AvgIpc) is 3.14. The molecule has 4 heteroatoms. The molecule has 3 rings (SSSR count). The van der Waals surface area contributed by atoms with Gasteiger partial charge in [-0.2, -0.15) is 0 Å². The van der Waals surface area contributed by atoms with Gasteiger partial charge in [0, 0.05) is 30.8 Å². The lowest BCUT2D eigenvalue weighted by Crippen LogP contribution is -2.32. The maximum atomic E-state index is 12.1. The maximum absolute atomic E-state index is 12.1. The molecule has 90 valence electrons. The van der Waals surface area contributed by atoms with Gasteiger partial charge in [-0.3, -0.25) is 9.78 Å². The van der Waals surface area contributed by atoms with Gasteiger partial charge in [0.2, 0.25) is 5.91 Å². The molecule has 2 fully saturated rings. The lowest BCUT2D eigenvalue weighted by Gasteiger charge is -2.28. The van der Waals surface area contributed by atoms with E-state index < -0.39 is 0 Å². The Kier molecular flexibility index (Phi) is 2.59. The molecule has 17 heavy (non-hydrogen) atoms. The van der Waals surface area contributed by atoms with Gasteiger partial charge in [-0.25, -0.2) is 0 Å². The van der Waals surface area contributed by atoms with Crippen molar-refractivity contribution in [2.24, 2.45) is 11.7 Å². The third kappa shape index (κ3) is 1.82. The van der Waals surface area contributed by atoms with Gasteiger partial charge in [0.25, 0.3) is 0 Å². The normalized spacial score (nSPS) is 28.8. The Bertz CT molecular complexity index is 416. The van der Waals surface area contributed by atoms with Crippen LogP contribution >= 0.6 is 0 Å². The van der Waals surface area contributed by atoms with Gasteiger partial charge in [0.05, 0.1) is 6.04 Å². The van der Waals surface area contributed by atoms with E-state index in [0.29, 0.717) is 19.0 Å². The minimum absolute atomic E-state index is 0.147. The first-order valence-corrected chi connectivity index (χ1v) is 6.22. The van der Waals surface area contributed by atoms with Gasteiger partial charge in [-0.1, -0.05) is 6.07 Å². The van der Waals surface area contributed by atoms with Crippen LogP contribution in [-0.2, 0) is 4.79 Å². The molecule has 2 aliphatic rings. The number of carbonyl (C=O) groups excluding carboxylic acids is 1.